The summed E-state index contributed by atoms with van der Waals surface area (Å²) in [4.78, 5) is 16.8. The Labute approximate surface area is 131 Å². The molecule has 20 heavy (non-hydrogen) atoms. The number of halogens is 1. The van der Waals surface area contributed by atoms with Crippen LogP contribution in [0.4, 0.5) is 0 Å². The Bertz CT molecular complexity index is 617. The summed E-state index contributed by atoms with van der Waals surface area (Å²) in [6, 6.07) is 8.94. The molecule has 0 atom stereocenters. The van der Waals surface area contributed by atoms with Gasteiger partial charge in [-0.1, -0.05) is 22.0 Å². The molecule has 1 N–H and O–H groups in total. The summed E-state index contributed by atoms with van der Waals surface area (Å²) in [5.41, 5.74) is 1.44. The number of methoxy groups -OCH3 is 1. The summed E-state index contributed by atoms with van der Waals surface area (Å²) < 4.78 is 5.87. The van der Waals surface area contributed by atoms with Crippen LogP contribution in [0.5, 0.6) is 5.88 Å². The first-order valence-electron chi connectivity index (χ1n) is 5.86. The fraction of sp³-hybridized carbons (Fsp3) is 0.143. The molecule has 1 amide bonds. The maximum absolute atomic E-state index is 12.1. The number of nitrogens with zero attached hydrogens (tertiary/aromatic N) is 1. The highest BCUT2D eigenvalue weighted by Crippen LogP contribution is 2.19. The fourth-order valence-electron chi connectivity index (χ4n) is 1.61. The van der Waals surface area contributed by atoms with E-state index in [2.05, 4.69) is 38.9 Å². The predicted molar refractivity (Wildman–Crippen MR) is 83.4 cm³/mol. The highest BCUT2D eigenvalue weighted by Gasteiger charge is 2.09. The first-order valence-corrected chi connectivity index (χ1v) is 7.10. The van der Waals surface area contributed by atoms with Crippen LogP contribution in [0, 0.1) is 0 Å². The number of pyridine rings is 1. The molecule has 6 heteroatoms. The molecule has 0 unspecified atom stereocenters. The number of ether oxygens (including phenoxy) is 1. The van der Waals surface area contributed by atoms with E-state index in [-0.39, 0.29) is 5.91 Å². The molecule has 0 radical (unpaired) electrons. The number of carbonyl (C=O) groups is 1. The highest BCUT2D eigenvalue weighted by molar-refractivity contribution is 9.10. The molecule has 0 saturated heterocycles. The third-order valence-electron chi connectivity index (χ3n) is 2.66. The van der Waals surface area contributed by atoms with E-state index < -0.39 is 0 Å². The maximum atomic E-state index is 12.1. The minimum atomic E-state index is -0.168. The Morgan fingerprint density at radius 1 is 1.40 bits per heavy atom. The van der Waals surface area contributed by atoms with Crippen molar-refractivity contribution >= 4 is 34.5 Å². The number of hydrogen-bond donors (Lipinski definition) is 2. The van der Waals surface area contributed by atoms with Crippen molar-refractivity contribution in [1.29, 1.82) is 0 Å². The van der Waals surface area contributed by atoms with Crippen LogP contribution >= 0.6 is 28.6 Å². The Balaban J connectivity index is 2.00. The van der Waals surface area contributed by atoms with E-state index in [1.165, 1.54) is 0 Å². The van der Waals surface area contributed by atoms with Gasteiger partial charge < -0.3 is 10.1 Å². The monoisotopic (exact) mass is 352 g/mol. The van der Waals surface area contributed by atoms with Crippen LogP contribution in [0.1, 0.15) is 15.9 Å². The second-order valence-electron chi connectivity index (χ2n) is 4.05. The molecule has 0 bridgehead atoms. The van der Waals surface area contributed by atoms with Crippen LogP contribution in [-0.4, -0.2) is 18.0 Å². The molecule has 2 rings (SSSR count). The molecule has 0 fully saturated rings. The lowest BCUT2D eigenvalue weighted by Gasteiger charge is -2.08. The first kappa shape index (κ1) is 14.9. The number of carbonyl (C=O) groups excluding carboxylic acids is 1. The van der Waals surface area contributed by atoms with E-state index in [0.29, 0.717) is 22.9 Å². The summed E-state index contributed by atoms with van der Waals surface area (Å²) in [6.07, 6.45) is 1.67. The number of benzene rings is 1. The van der Waals surface area contributed by atoms with E-state index in [9.17, 15) is 4.79 Å². The van der Waals surface area contributed by atoms with Gasteiger partial charge in [0.25, 0.3) is 5.91 Å². The van der Waals surface area contributed by atoms with Crippen LogP contribution in [0.3, 0.4) is 0 Å². The zero-order valence-corrected chi connectivity index (χ0v) is 13.2. The number of amides is 1. The van der Waals surface area contributed by atoms with Crippen LogP contribution < -0.4 is 10.1 Å². The van der Waals surface area contributed by atoms with Crippen molar-refractivity contribution in [1.82, 2.24) is 10.3 Å². The second-order valence-corrected chi connectivity index (χ2v) is 5.45. The number of aromatic nitrogens is 1. The molecule has 2 aromatic rings. The SMILES string of the molecule is COc1ccc(CNC(=O)c2ccc(Br)cc2S)cn1. The molecule has 4 nitrogen and oxygen atoms in total. The third kappa shape index (κ3) is 3.74. The minimum Gasteiger partial charge on any atom is -0.481 e. The van der Waals surface area contributed by atoms with Crippen molar-refractivity contribution in [3.63, 3.8) is 0 Å². The largest absolute Gasteiger partial charge is 0.481 e. The predicted octanol–water partition coefficient (Wildman–Crippen LogP) is 3.07. The van der Waals surface area contributed by atoms with Gasteiger partial charge >= 0.3 is 0 Å². The van der Waals surface area contributed by atoms with Crippen LogP contribution in [0.15, 0.2) is 45.9 Å². The lowest BCUT2D eigenvalue weighted by molar-refractivity contribution is 0.0948. The molecule has 1 aromatic carbocycles. The average molecular weight is 353 g/mol. The van der Waals surface area contributed by atoms with Gasteiger partial charge in [0.2, 0.25) is 5.88 Å². The lowest BCUT2D eigenvalue weighted by atomic mass is 10.2. The van der Waals surface area contributed by atoms with Gasteiger partial charge in [-0.15, -0.1) is 12.6 Å². The third-order valence-corrected chi connectivity index (χ3v) is 3.53. The average Bonchev–Trinajstić information content (AvgIpc) is 2.45. The second kappa shape index (κ2) is 6.76. The Morgan fingerprint density at radius 2 is 2.20 bits per heavy atom. The van der Waals surface area contributed by atoms with Gasteiger partial charge in [0, 0.05) is 28.2 Å². The Kier molecular flexibility index (Phi) is 5.03. The summed E-state index contributed by atoms with van der Waals surface area (Å²) in [5.74, 6) is 0.379. The van der Waals surface area contributed by atoms with Crippen LogP contribution in [0.2, 0.25) is 0 Å². The zero-order valence-electron chi connectivity index (χ0n) is 10.8. The lowest BCUT2D eigenvalue weighted by Crippen LogP contribution is -2.23. The summed E-state index contributed by atoms with van der Waals surface area (Å²) in [7, 11) is 1.56. The van der Waals surface area contributed by atoms with Gasteiger partial charge in [-0.3, -0.25) is 4.79 Å². The van der Waals surface area contributed by atoms with E-state index in [1.807, 2.05) is 12.1 Å². The molecule has 0 aliphatic heterocycles. The van der Waals surface area contributed by atoms with E-state index >= 15 is 0 Å². The van der Waals surface area contributed by atoms with Gasteiger partial charge in [0.1, 0.15) is 0 Å². The van der Waals surface area contributed by atoms with Crippen molar-refractivity contribution in [2.24, 2.45) is 0 Å². The van der Waals surface area contributed by atoms with Crippen LogP contribution in [-0.2, 0) is 6.54 Å². The van der Waals surface area contributed by atoms with Crippen LogP contribution in [0.25, 0.3) is 0 Å². The summed E-state index contributed by atoms with van der Waals surface area (Å²) in [5, 5.41) is 2.83. The number of rotatable bonds is 4. The van der Waals surface area contributed by atoms with E-state index in [1.54, 1.807) is 31.5 Å². The molecule has 104 valence electrons. The normalized spacial score (nSPS) is 10.2. The summed E-state index contributed by atoms with van der Waals surface area (Å²) in [6.45, 7) is 0.402. The molecular formula is C14H13BrN2O2S. The fourth-order valence-corrected chi connectivity index (χ4v) is 2.46. The molecule has 1 aromatic heterocycles. The first-order chi connectivity index (χ1) is 9.60. The minimum absolute atomic E-state index is 0.168. The van der Waals surface area contributed by atoms with Gasteiger partial charge in [-0.05, 0) is 23.8 Å². The molecular weight excluding hydrogens is 340 g/mol. The number of nitrogens with one attached hydrogen (secondary N) is 1. The molecule has 0 aliphatic carbocycles. The number of thiol groups is 1. The maximum Gasteiger partial charge on any atom is 0.252 e. The van der Waals surface area contributed by atoms with Gasteiger partial charge in [0.05, 0.1) is 12.7 Å². The zero-order chi connectivity index (χ0) is 14.5. The Morgan fingerprint density at radius 3 is 2.80 bits per heavy atom. The van der Waals surface area contributed by atoms with Crippen molar-refractivity contribution < 1.29 is 9.53 Å². The van der Waals surface area contributed by atoms with Gasteiger partial charge in [-0.25, -0.2) is 4.98 Å². The van der Waals surface area contributed by atoms with Gasteiger partial charge in [0.15, 0.2) is 0 Å². The smallest absolute Gasteiger partial charge is 0.252 e. The molecule has 0 aliphatic rings. The molecule has 1 heterocycles. The molecule has 0 spiro atoms. The van der Waals surface area contributed by atoms with Gasteiger partial charge in [-0.2, -0.15) is 0 Å². The van der Waals surface area contributed by atoms with E-state index in [0.717, 1.165) is 10.0 Å². The number of hydrogen-bond acceptors (Lipinski definition) is 4. The summed E-state index contributed by atoms with van der Waals surface area (Å²) >= 11 is 7.63. The van der Waals surface area contributed by atoms with Crippen molar-refractivity contribution in [3.05, 3.63) is 52.1 Å². The van der Waals surface area contributed by atoms with Crippen molar-refractivity contribution in [2.75, 3.05) is 7.11 Å². The molecule has 0 saturated carbocycles. The quantitative estimate of drug-likeness (QED) is 0.831. The van der Waals surface area contributed by atoms with Crippen molar-refractivity contribution in [2.45, 2.75) is 11.4 Å². The highest BCUT2D eigenvalue weighted by atomic mass is 79.9. The van der Waals surface area contributed by atoms with E-state index in [4.69, 9.17) is 4.74 Å². The standard InChI is InChI=1S/C14H13BrN2O2S/c1-19-13-5-2-9(7-16-13)8-17-14(18)11-4-3-10(15)6-12(11)20/h2-7,20H,8H2,1H3,(H,17,18). The topological polar surface area (TPSA) is 51.2 Å². The van der Waals surface area contributed by atoms with Crippen molar-refractivity contribution in [3.8, 4) is 5.88 Å². The Hall–Kier alpha value is -1.53.